The van der Waals surface area contributed by atoms with Gasteiger partial charge in [0.05, 0.1) is 0 Å². The molecule has 29 heavy (non-hydrogen) atoms. The lowest BCUT2D eigenvalue weighted by Crippen LogP contribution is -2.41. The van der Waals surface area contributed by atoms with Gasteiger partial charge >= 0.3 is 5.97 Å². The van der Waals surface area contributed by atoms with Crippen LogP contribution in [0.4, 0.5) is 0 Å². The molecule has 1 aromatic carbocycles. The average molecular weight is 416 g/mol. The van der Waals surface area contributed by atoms with Crippen LogP contribution in [0.5, 0.6) is 0 Å². The summed E-state index contributed by atoms with van der Waals surface area (Å²) in [7, 11) is 0. The maximum absolute atomic E-state index is 11.3. The van der Waals surface area contributed by atoms with Gasteiger partial charge in [0, 0.05) is 29.5 Å². The van der Waals surface area contributed by atoms with Crippen LogP contribution in [0.1, 0.15) is 61.8 Å². The van der Waals surface area contributed by atoms with Crippen LogP contribution in [0.2, 0.25) is 0 Å². The molecule has 2 atom stereocenters. The monoisotopic (exact) mass is 415 g/mol. The van der Waals surface area contributed by atoms with Crippen LogP contribution in [0, 0.1) is 5.92 Å². The third-order valence-corrected chi connectivity index (χ3v) is 6.15. The Morgan fingerprint density at radius 2 is 1.59 bits per heavy atom. The van der Waals surface area contributed by atoms with Crippen molar-refractivity contribution in [2.45, 2.75) is 71.9 Å². The van der Waals surface area contributed by atoms with E-state index in [0.717, 1.165) is 25.7 Å². The largest absolute Gasteiger partial charge is 0.442 e. The molecule has 5 heteroatoms. The summed E-state index contributed by atoms with van der Waals surface area (Å²) in [6.45, 7) is 4.81. The van der Waals surface area contributed by atoms with Crippen molar-refractivity contribution in [3.05, 3.63) is 57.8 Å². The second-order valence-electron chi connectivity index (χ2n) is 7.66. The number of thiophene rings is 1. The normalized spacial score (nSPS) is 12.9. The molecule has 0 aliphatic carbocycles. The predicted octanol–water partition coefficient (Wildman–Crippen LogP) is 5.30. The van der Waals surface area contributed by atoms with Gasteiger partial charge in [0.25, 0.3) is 0 Å². The zero-order valence-corrected chi connectivity index (χ0v) is 18.6. The zero-order valence-electron chi connectivity index (χ0n) is 17.8. The fourth-order valence-electron chi connectivity index (χ4n) is 3.33. The number of carbonyl (C=O) groups is 2. The minimum Gasteiger partial charge on any atom is -0.442 e. The summed E-state index contributed by atoms with van der Waals surface area (Å²) in [6, 6.07) is 15.1. The van der Waals surface area contributed by atoms with E-state index in [1.165, 1.54) is 48.4 Å². The third kappa shape index (κ3) is 9.27. The smallest absolute Gasteiger partial charge is 0.304 e. The van der Waals surface area contributed by atoms with Crippen molar-refractivity contribution >= 4 is 23.2 Å². The Morgan fingerprint density at radius 3 is 2.24 bits per heavy atom. The van der Waals surface area contributed by atoms with E-state index in [1.807, 2.05) is 18.3 Å². The highest BCUT2D eigenvalue weighted by Gasteiger charge is 2.21. The maximum Gasteiger partial charge on any atom is 0.304 e. The maximum atomic E-state index is 11.3. The molecule has 4 nitrogen and oxygen atoms in total. The van der Waals surface area contributed by atoms with E-state index in [0.29, 0.717) is 0 Å². The summed E-state index contributed by atoms with van der Waals surface area (Å²) in [5.74, 6) is -0.499. The van der Waals surface area contributed by atoms with Crippen molar-refractivity contribution < 1.29 is 14.3 Å². The quantitative estimate of drug-likeness (QED) is 0.291. The first-order valence-corrected chi connectivity index (χ1v) is 11.3. The third-order valence-electron chi connectivity index (χ3n) is 4.95. The molecule has 0 spiro atoms. The number of aryl methyl sites for hydroxylation is 3. The van der Waals surface area contributed by atoms with Crippen molar-refractivity contribution in [2.24, 2.45) is 5.92 Å². The molecule has 1 N–H and O–H groups in total. The van der Waals surface area contributed by atoms with Crippen molar-refractivity contribution in [3.8, 4) is 0 Å². The lowest BCUT2D eigenvalue weighted by Gasteiger charge is -2.23. The second-order valence-corrected chi connectivity index (χ2v) is 8.91. The number of amides is 1. The van der Waals surface area contributed by atoms with Crippen molar-refractivity contribution in [2.75, 3.05) is 0 Å². The molecule has 1 unspecified atom stereocenters. The second kappa shape index (κ2) is 12.4. The number of carbonyl (C=O) groups excluding carboxylic acids is 2. The Balaban J connectivity index is 1.69. The standard InChI is InChI=1S/C24H33NO3S/c1-18(24(25-19(2)26)28-20(3)27)14-15-23-17-16-22(29-23)13-9-5-8-12-21-10-6-4-7-11-21/h4,6-7,10-11,16-18,24H,5,8-9,12-15H2,1-3H3,(H,25,26)/t18-,24?/m1/s1. The summed E-state index contributed by atoms with van der Waals surface area (Å²) < 4.78 is 5.26. The molecular formula is C24H33NO3S. The molecule has 2 aromatic rings. The summed E-state index contributed by atoms with van der Waals surface area (Å²) in [4.78, 5) is 25.4. The number of unbranched alkanes of at least 4 members (excludes halogenated alkanes) is 2. The van der Waals surface area contributed by atoms with Gasteiger partial charge in [-0.25, -0.2) is 0 Å². The Kier molecular flexibility index (Phi) is 9.92. The van der Waals surface area contributed by atoms with Crippen molar-refractivity contribution in [3.63, 3.8) is 0 Å². The number of hydrogen-bond acceptors (Lipinski definition) is 4. The highest BCUT2D eigenvalue weighted by Crippen LogP contribution is 2.23. The van der Waals surface area contributed by atoms with Gasteiger partial charge in [-0.15, -0.1) is 11.3 Å². The molecule has 0 aliphatic heterocycles. The lowest BCUT2D eigenvalue weighted by atomic mass is 10.0. The highest BCUT2D eigenvalue weighted by atomic mass is 32.1. The van der Waals surface area contributed by atoms with E-state index >= 15 is 0 Å². The SMILES string of the molecule is CC(=O)NC(OC(C)=O)[C@H](C)CCc1ccc(CCCCCc2ccccc2)s1. The number of rotatable bonds is 12. The van der Waals surface area contributed by atoms with Crippen LogP contribution in [0.15, 0.2) is 42.5 Å². The molecule has 0 fully saturated rings. The van der Waals surface area contributed by atoms with Crippen LogP contribution < -0.4 is 5.32 Å². The number of esters is 1. The number of ether oxygens (including phenoxy) is 1. The van der Waals surface area contributed by atoms with E-state index in [9.17, 15) is 9.59 Å². The molecule has 0 aliphatic rings. The lowest BCUT2D eigenvalue weighted by molar-refractivity contribution is -0.152. The molecule has 0 bridgehead atoms. The summed E-state index contributed by atoms with van der Waals surface area (Å²) in [5.41, 5.74) is 1.42. The van der Waals surface area contributed by atoms with E-state index in [-0.39, 0.29) is 17.8 Å². The zero-order chi connectivity index (χ0) is 21.1. The van der Waals surface area contributed by atoms with Gasteiger partial charge in [-0.3, -0.25) is 9.59 Å². The topological polar surface area (TPSA) is 55.4 Å². The minimum atomic E-state index is -0.561. The van der Waals surface area contributed by atoms with Crippen LogP contribution in [-0.4, -0.2) is 18.1 Å². The van der Waals surface area contributed by atoms with Gasteiger partial charge in [0.15, 0.2) is 6.23 Å². The first-order valence-electron chi connectivity index (χ1n) is 10.5. The number of nitrogens with one attached hydrogen (secondary N) is 1. The van der Waals surface area contributed by atoms with Crippen LogP contribution in [0.3, 0.4) is 0 Å². The molecule has 0 saturated heterocycles. The van der Waals surface area contributed by atoms with Gasteiger partial charge in [-0.05, 0) is 56.2 Å². The van der Waals surface area contributed by atoms with Crippen LogP contribution in [-0.2, 0) is 33.6 Å². The van der Waals surface area contributed by atoms with Gasteiger partial charge in [0.2, 0.25) is 5.91 Å². The molecule has 1 heterocycles. The Hall–Kier alpha value is -2.14. The number of benzene rings is 1. The first-order chi connectivity index (χ1) is 13.9. The summed E-state index contributed by atoms with van der Waals surface area (Å²) >= 11 is 1.87. The molecule has 2 rings (SSSR count). The van der Waals surface area contributed by atoms with Crippen LogP contribution >= 0.6 is 11.3 Å². The Morgan fingerprint density at radius 1 is 0.931 bits per heavy atom. The molecular weight excluding hydrogens is 382 g/mol. The molecule has 0 radical (unpaired) electrons. The van der Waals surface area contributed by atoms with Gasteiger partial charge in [0.1, 0.15) is 0 Å². The van der Waals surface area contributed by atoms with Gasteiger partial charge in [-0.1, -0.05) is 43.7 Å². The first kappa shape index (κ1) is 23.1. The van der Waals surface area contributed by atoms with E-state index in [1.54, 1.807) is 0 Å². The Labute approximate surface area is 178 Å². The Bertz CT molecular complexity index is 740. The van der Waals surface area contributed by atoms with Crippen LogP contribution in [0.25, 0.3) is 0 Å². The molecule has 0 saturated carbocycles. The number of hydrogen-bond donors (Lipinski definition) is 1. The molecule has 1 amide bonds. The minimum absolute atomic E-state index is 0.0614. The van der Waals surface area contributed by atoms with E-state index in [4.69, 9.17) is 4.74 Å². The molecule has 158 valence electrons. The van der Waals surface area contributed by atoms with Crippen molar-refractivity contribution in [1.82, 2.24) is 5.32 Å². The fourth-order valence-corrected chi connectivity index (χ4v) is 4.40. The average Bonchev–Trinajstić information content (AvgIpc) is 3.13. The van der Waals surface area contributed by atoms with Crippen molar-refractivity contribution in [1.29, 1.82) is 0 Å². The summed E-state index contributed by atoms with van der Waals surface area (Å²) in [5, 5.41) is 2.73. The highest BCUT2D eigenvalue weighted by molar-refractivity contribution is 7.11. The van der Waals surface area contributed by atoms with E-state index < -0.39 is 6.23 Å². The van der Waals surface area contributed by atoms with Gasteiger partial charge < -0.3 is 10.1 Å². The van der Waals surface area contributed by atoms with Gasteiger partial charge in [-0.2, -0.15) is 0 Å². The van der Waals surface area contributed by atoms with E-state index in [2.05, 4.69) is 47.8 Å². The molecule has 1 aromatic heterocycles. The fraction of sp³-hybridized carbons (Fsp3) is 0.500. The summed E-state index contributed by atoms with van der Waals surface area (Å²) in [6.07, 6.45) is 7.23. The predicted molar refractivity (Wildman–Crippen MR) is 119 cm³/mol.